The second kappa shape index (κ2) is 9.87. The molecule has 4 aromatic rings. The molecular weight excluding hydrogens is 432 g/mol. The third kappa shape index (κ3) is 4.90. The summed E-state index contributed by atoms with van der Waals surface area (Å²) in [7, 11) is 0. The van der Waals surface area contributed by atoms with Crippen LogP contribution in [-0.2, 0) is 0 Å². The molecule has 178 valence electrons. The van der Waals surface area contributed by atoms with Crippen LogP contribution in [0.25, 0.3) is 27.8 Å². The Kier molecular flexibility index (Phi) is 6.49. The SMILES string of the molecule is Cc1ccc(-n2ncc(-c3cc(C(=O)NCCC4=CCCCC4)c4cc(C)ccc4n3)c2C)cc1. The molecule has 0 spiro atoms. The van der Waals surface area contributed by atoms with Crippen LogP contribution in [0.1, 0.15) is 59.3 Å². The molecule has 5 rings (SSSR count). The highest BCUT2D eigenvalue weighted by molar-refractivity contribution is 6.07. The van der Waals surface area contributed by atoms with Crippen LogP contribution in [0.5, 0.6) is 0 Å². The van der Waals surface area contributed by atoms with Crippen LogP contribution in [0.3, 0.4) is 0 Å². The van der Waals surface area contributed by atoms with Gasteiger partial charge in [-0.3, -0.25) is 4.79 Å². The van der Waals surface area contributed by atoms with E-state index in [1.165, 1.54) is 24.0 Å². The normalized spacial score (nSPS) is 13.6. The molecule has 2 heterocycles. The Hall–Kier alpha value is -3.73. The van der Waals surface area contributed by atoms with Gasteiger partial charge in [0.2, 0.25) is 0 Å². The highest BCUT2D eigenvalue weighted by atomic mass is 16.1. The van der Waals surface area contributed by atoms with Gasteiger partial charge in [-0.15, -0.1) is 0 Å². The van der Waals surface area contributed by atoms with Gasteiger partial charge in [0.05, 0.1) is 34.4 Å². The van der Waals surface area contributed by atoms with Crippen molar-refractivity contribution in [3.8, 4) is 16.9 Å². The Morgan fingerprint density at radius 1 is 1.00 bits per heavy atom. The lowest BCUT2D eigenvalue weighted by molar-refractivity contribution is 0.0955. The van der Waals surface area contributed by atoms with Crippen molar-refractivity contribution in [2.24, 2.45) is 0 Å². The molecular formula is C30H32N4O. The van der Waals surface area contributed by atoms with E-state index < -0.39 is 0 Å². The van der Waals surface area contributed by atoms with E-state index >= 15 is 0 Å². The van der Waals surface area contributed by atoms with E-state index in [4.69, 9.17) is 4.98 Å². The number of hydrogen-bond donors (Lipinski definition) is 1. The molecule has 0 atom stereocenters. The van der Waals surface area contributed by atoms with E-state index in [0.29, 0.717) is 12.1 Å². The van der Waals surface area contributed by atoms with Gasteiger partial charge < -0.3 is 5.32 Å². The minimum atomic E-state index is -0.0516. The van der Waals surface area contributed by atoms with Crippen LogP contribution in [-0.4, -0.2) is 27.2 Å². The summed E-state index contributed by atoms with van der Waals surface area (Å²) in [6, 6.07) is 16.3. The summed E-state index contributed by atoms with van der Waals surface area (Å²) in [6.07, 6.45) is 9.96. The van der Waals surface area contributed by atoms with Crippen molar-refractivity contribution in [1.82, 2.24) is 20.1 Å². The van der Waals surface area contributed by atoms with Crippen LogP contribution in [0, 0.1) is 20.8 Å². The van der Waals surface area contributed by atoms with Crippen molar-refractivity contribution in [2.45, 2.75) is 52.9 Å². The molecule has 1 aliphatic carbocycles. The number of fused-ring (bicyclic) bond motifs is 1. The monoisotopic (exact) mass is 464 g/mol. The third-order valence-electron chi connectivity index (χ3n) is 6.89. The quantitative estimate of drug-likeness (QED) is 0.326. The zero-order chi connectivity index (χ0) is 24.4. The number of allylic oxidation sites excluding steroid dienone is 1. The number of aryl methyl sites for hydroxylation is 2. The predicted molar refractivity (Wildman–Crippen MR) is 142 cm³/mol. The Balaban J connectivity index is 1.48. The molecule has 2 aromatic carbocycles. The van der Waals surface area contributed by atoms with Crippen LogP contribution in [0.2, 0.25) is 0 Å². The lowest BCUT2D eigenvalue weighted by atomic mass is 9.97. The molecule has 35 heavy (non-hydrogen) atoms. The Bertz CT molecular complexity index is 1410. The highest BCUT2D eigenvalue weighted by Crippen LogP contribution is 2.29. The van der Waals surface area contributed by atoms with E-state index in [2.05, 4.69) is 47.7 Å². The van der Waals surface area contributed by atoms with Crippen LogP contribution < -0.4 is 5.32 Å². The van der Waals surface area contributed by atoms with E-state index in [1.807, 2.05) is 49.0 Å². The van der Waals surface area contributed by atoms with Gasteiger partial charge in [0.1, 0.15) is 0 Å². The van der Waals surface area contributed by atoms with Crippen molar-refractivity contribution in [3.63, 3.8) is 0 Å². The maximum atomic E-state index is 13.4. The Labute approximate surface area is 206 Å². The van der Waals surface area contributed by atoms with Crippen molar-refractivity contribution in [1.29, 1.82) is 0 Å². The van der Waals surface area contributed by atoms with Gasteiger partial charge in [0.15, 0.2) is 0 Å². The largest absolute Gasteiger partial charge is 0.352 e. The molecule has 1 amide bonds. The van der Waals surface area contributed by atoms with E-state index in [0.717, 1.165) is 58.4 Å². The number of carbonyl (C=O) groups is 1. The van der Waals surface area contributed by atoms with Gasteiger partial charge >= 0.3 is 0 Å². The molecule has 0 saturated carbocycles. The molecule has 1 aliphatic rings. The zero-order valence-electron chi connectivity index (χ0n) is 20.8. The summed E-state index contributed by atoms with van der Waals surface area (Å²) in [4.78, 5) is 18.3. The number of nitrogens with one attached hydrogen (secondary N) is 1. The third-order valence-corrected chi connectivity index (χ3v) is 6.89. The van der Waals surface area contributed by atoms with Gasteiger partial charge in [-0.1, -0.05) is 41.0 Å². The van der Waals surface area contributed by atoms with Crippen molar-refractivity contribution in [3.05, 3.63) is 88.8 Å². The summed E-state index contributed by atoms with van der Waals surface area (Å²) in [5.74, 6) is -0.0516. The lowest BCUT2D eigenvalue weighted by Crippen LogP contribution is -2.25. The molecule has 1 N–H and O–H groups in total. The van der Waals surface area contributed by atoms with E-state index in [-0.39, 0.29) is 5.91 Å². The van der Waals surface area contributed by atoms with Gasteiger partial charge in [0.25, 0.3) is 5.91 Å². The minimum Gasteiger partial charge on any atom is -0.352 e. The first-order valence-corrected chi connectivity index (χ1v) is 12.5. The van der Waals surface area contributed by atoms with Crippen LogP contribution in [0.15, 0.2) is 66.4 Å². The molecule has 0 aliphatic heterocycles. The molecule has 0 bridgehead atoms. The summed E-state index contributed by atoms with van der Waals surface area (Å²) in [5.41, 5.74) is 8.94. The molecule has 2 aromatic heterocycles. The molecule has 0 unspecified atom stereocenters. The maximum absolute atomic E-state index is 13.4. The number of nitrogens with zero attached hydrogens (tertiary/aromatic N) is 3. The van der Waals surface area contributed by atoms with Crippen molar-refractivity contribution < 1.29 is 4.79 Å². The Morgan fingerprint density at radius 2 is 1.80 bits per heavy atom. The average Bonchev–Trinajstić information content (AvgIpc) is 3.25. The van der Waals surface area contributed by atoms with Crippen LogP contribution >= 0.6 is 0 Å². The minimum absolute atomic E-state index is 0.0516. The van der Waals surface area contributed by atoms with Gasteiger partial charge in [0, 0.05) is 17.5 Å². The van der Waals surface area contributed by atoms with Crippen LogP contribution in [0.4, 0.5) is 0 Å². The molecule has 5 heteroatoms. The summed E-state index contributed by atoms with van der Waals surface area (Å²) >= 11 is 0. The smallest absolute Gasteiger partial charge is 0.252 e. The highest BCUT2D eigenvalue weighted by Gasteiger charge is 2.18. The maximum Gasteiger partial charge on any atom is 0.252 e. The second-order valence-electron chi connectivity index (χ2n) is 9.58. The molecule has 0 saturated heterocycles. The summed E-state index contributed by atoms with van der Waals surface area (Å²) < 4.78 is 1.92. The number of hydrogen-bond acceptors (Lipinski definition) is 3. The fourth-order valence-electron chi connectivity index (χ4n) is 4.84. The number of carbonyl (C=O) groups excluding carboxylic acids is 1. The number of benzene rings is 2. The van der Waals surface area contributed by atoms with E-state index in [9.17, 15) is 4.79 Å². The number of aromatic nitrogens is 3. The first-order chi connectivity index (χ1) is 17.0. The fourth-order valence-corrected chi connectivity index (χ4v) is 4.84. The number of rotatable bonds is 6. The van der Waals surface area contributed by atoms with Crippen molar-refractivity contribution in [2.75, 3.05) is 6.54 Å². The topological polar surface area (TPSA) is 59.8 Å². The van der Waals surface area contributed by atoms with Crippen molar-refractivity contribution >= 4 is 16.8 Å². The van der Waals surface area contributed by atoms with Gasteiger partial charge in [-0.25, -0.2) is 9.67 Å². The zero-order valence-corrected chi connectivity index (χ0v) is 20.8. The second-order valence-corrected chi connectivity index (χ2v) is 9.58. The predicted octanol–water partition coefficient (Wildman–Crippen LogP) is 6.63. The number of amides is 1. The van der Waals surface area contributed by atoms with E-state index in [1.54, 1.807) is 0 Å². The fraction of sp³-hybridized carbons (Fsp3) is 0.300. The van der Waals surface area contributed by atoms with Gasteiger partial charge in [-0.2, -0.15) is 5.10 Å². The molecule has 0 fully saturated rings. The standard InChI is InChI=1S/C30H32N4O/c1-20-9-12-24(13-10-20)34-22(3)27(19-32-34)29-18-26(25-17-21(2)11-14-28(25)33-29)30(35)31-16-15-23-7-5-4-6-8-23/h7,9-14,17-19H,4-6,8,15-16H2,1-3H3,(H,31,35). The molecule has 0 radical (unpaired) electrons. The first-order valence-electron chi connectivity index (χ1n) is 12.5. The average molecular weight is 465 g/mol. The first kappa shape index (κ1) is 23.0. The number of pyridine rings is 1. The van der Waals surface area contributed by atoms with Gasteiger partial charge in [-0.05, 0) is 83.2 Å². The summed E-state index contributed by atoms with van der Waals surface area (Å²) in [5, 5.41) is 8.67. The lowest BCUT2D eigenvalue weighted by Gasteiger charge is -2.14. The Morgan fingerprint density at radius 3 is 2.57 bits per heavy atom. The molecule has 5 nitrogen and oxygen atoms in total. The summed E-state index contributed by atoms with van der Waals surface area (Å²) in [6.45, 7) is 6.81.